The lowest BCUT2D eigenvalue weighted by Crippen LogP contribution is -2.27. The Balaban J connectivity index is 1.80. The van der Waals surface area contributed by atoms with E-state index < -0.39 is 12.0 Å². The van der Waals surface area contributed by atoms with E-state index in [-0.39, 0.29) is 22.8 Å². The molecule has 0 aliphatic carbocycles. The summed E-state index contributed by atoms with van der Waals surface area (Å²) in [4.78, 5) is 36.4. The van der Waals surface area contributed by atoms with Gasteiger partial charge in [-0.05, 0) is 48.5 Å². The molecule has 0 saturated carbocycles. The van der Waals surface area contributed by atoms with Gasteiger partial charge in [0.05, 0.1) is 24.0 Å². The van der Waals surface area contributed by atoms with Crippen LogP contribution in [-0.2, 0) is 0 Å². The highest BCUT2D eigenvalue weighted by molar-refractivity contribution is 7.82. The Labute approximate surface area is 184 Å². The lowest BCUT2D eigenvalue weighted by molar-refractivity contribution is 0.0696. The molecular formula is C22H19N3O5S. The lowest BCUT2D eigenvalue weighted by Gasteiger charge is -2.18. The third kappa shape index (κ3) is 5.34. The van der Waals surface area contributed by atoms with E-state index in [1.165, 1.54) is 31.4 Å². The molecule has 3 rings (SSSR count). The molecular weight excluding hydrogens is 418 g/mol. The minimum atomic E-state index is -1.12. The maximum atomic E-state index is 12.7. The summed E-state index contributed by atoms with van der Waals surface area (Å²) in [7, 11) is 1.43. The molecule has 0 heterocycles. The second-order valence-corrected chi connectivity index (χ2v) is 6.73. The number of carboxylic acids is 1. The highest BCUT2D eigenvalue weighted by Crippen LogP contribution is 2.28. The molecule has 0 bridgehead atoms. The third-order valence-corrected chi connectivity index (χ3v) is 4.68. The Kier molecular flexibility index (Phi) is 6.78. The number of hydrogen-bond donors (Lipinski definition) is 4. The van der Waals surface area contributed by atoms with Gasteiger partial charge in [-0.2, -0.15) is 0 Å². The number of carbonyl (C=O) groups is 3. The van der Waals surface area contributed by atoms with Crippen molar-refractivity contribution in [3.63, 3.8) is 0 Å². The monoisotopic (exact) mass is 437 g/mol. The van der Waals surface area contributed by atoms with Gasteiger partial charge in [-0.3, -0.25) is 4.79 Å². The van der Waals surface area contributed by atoms with E-state index in [0.29, 0.717) is 17.0 Å². The van der Waals surface area contributed by atoms with Crippen LogP contribution in [0.1, 0.15) is 20.7 Å². The fourth-order valence-electron chi connectivity index (χ4n) is 2.73. The molecule has 3 aromatic carbocycles. The van der Waals surface area contributed by atoms with Crippen molar-refractivity contribution in [2.24, 2.45) is 0 Å². The molecule has 0 fully saturated rings. The number of nitrogens with one attached hydrogen (secondary N) is 2. The first-order valence-corrected chi connectivity index (χ1v) is 9.47. The fourth-order valence-corrected chi connectivity index (χ4v) is 2.90. The second kappa shape index (κ2) is 9.68. The Morgan fingerprint density at radius 1 is 0.903 bits per heavy atom. The van der Waals surface area contributed by atoms with Crippen molar-refractivity contribution >= 4 is 47.8 Å². The van der Waals surface area contributed by atoms with Crippen molar-refractivity contribution < 1.29 is 24.2 Å². The Morgan fingerprint density at radius 2 is 1.65 bits per heavy atom. The number of benzene rings is 3. The summed E-state index contributed by atoms with van der Waals surface area (Å²) in [6.45, 7) is 0. The van der Waals surface area contributed by atoms with Gasteiger partial charge in [0.2, 0.25) is 0 Å². The first-order valence-electron chi connectivity index (χ1n) is 9.07. The molecule has 0 atom stereocenters. The molecule has 0 aliphatic heterocycles. The summed E-state index contributed by atoms with van der Waals surface area (Å²) in [5.74, 6) is -1.14. The van der Waals surface area contributed by atoms with E-state index in [0.717, 1.165) is 4.31 Å². The fraction of sp³-hybridized carbons (Fsp3) is 0.0455. The number of nitrogens with zero attached hydrogens (tertiary/aromatic N) is 1. The number of ether oxygens (including phenoxy) is 1. The number of anilines is 3. The average molecular weight is 437 g/mol. The summed E-state index contributed by atoms with van der Waals surface area (Å²) in [5.41, 5.74) is 1.47. The maximum Gasteiger partial charge on any atom is 0.336 e. The highest BCUT2D eigenvalue weighted by Gasteiger charge is 2.18. The zero-order chi connectivity index (χ0) is 22.4. The molecule has 8 nitrogen and oxygen atoms in total. The minimum absolute atomic E-state index is 0.0153. The van der Waals surface area contributed by atoms with Crippen LogP contribution >= 0.6 is 12.8 Å². The number of hydrogen-bond acceptors (Lipinski definition) is 5. The number of rotatable bonds is 6. The van der Waals surface area contributed by atoms with Crippen LogP contribution in [-0.4, -0.2) is 30.1 Å². The minimum Gasteiger partial charge on any atom is -0.495 e. The van der Waals surface area contributed by atoms with Gasteiger partial charge in [0.25, 0.3) is 5.91 Å². The van der Waals surface area contributed by atoms with Crippen LogP contribution in [0.3, 0.4) is 0 Å². The smallest absolute Gasteiger partial charge is 0.336 e. The van der Waals surface area contributed by atoms with Gasteiger partial charge < -0.3 is 20.5 Å². The van der Waals surface area contributed by atoms with E-state index in [4.69, 9.17) is 9.84 Å². The summed E-state index contributed by atoms with van der Waals surface area (Å²) in [5, 5.41) is 14.5. The van der Waals surface area contributed by atoms with Crippen LogP contribution in [0.15, 0.2) is 72.8 Å². The van der Waals surface area contributed by atoms with Crippen LogP contribution in [0.4, 0.5) is 21.9 Å². The average Bonchev–Trinajstić information content (AvgIpc) is 2.79. The van der Waals surface area contributed by atoms with Crippen molar-refractivity contribution in [2.75, 3.05) is 22.0 Å². The molecule has 0 radical (unpaired) electrons. The Morgan fingerprint density at radius 3 is 2.32 bits per heavy atom. The summed E-state index contributed by atoms with van der Waals surface area (Å²) in [6, 6.07) is 18.7. The van der Waals surface area contributed by atoms with Gasteiger partial charge in [0.1, 0.15) is 5.75 Å². The molecule has 0 saturated heterocycles. The van der Waals surface area contributed by atoms with Crippen LogP contribution in [0.5, 0.6) is 5.75 Å². The standard InChI is InChI=1S/C22H19N3O5S/c1-30-19-11-10-14(20(26)23-16-7-3-2-4-8-16)13-18(19)24-22(29)25(31)17-9-5-6-15(12-17)21(27)28/h2-13,31H,1H3,(H,23,26)(H,24,29)(H,27,28). The molecule has 0 unspecified atom stereocenters. The largest absolute Gasteiger partial charge is 0.495 e. The summed E-state index contributed by atoms with van der Waals surface area (Å²) < 4.78 is 6.23. The van der Waals surface area contributed by atoms with Crippen LogP contribution in [0.2, 0.25) is 0 Å². The number of urea groups is 1. The third-order valence-electron chi connectivity index (χ3n) is 4.26. The quantitative estimate of drug-likeness (QED) is 0.424. The normalized spacial score (nSPS) is 10.1. The van der Waals surface area contributed by atoms with E-state index >= 15 is 0 Å². The maximum absolute atomic E-state index is 12.7. The second-order valence-electron chi connectivity index (χ2n) is 6.33. The number of carbonyl (C=O) groups excluding carboxylic acids is 2. The van der Waals surface area contributed by atoms with Gasteiger partial charge in [0.15, 0.2) is 0 Å². The zero-order valence-electron chi connectivity index (χ0n) is 16.4. The molecule has 0 spiro atoms. The number of methoxy groups -OCH3 is 1. The molecule has 9 heteroatoms. The molecule has 3 aromatic rings. The first kappa shape index (κ1) is 21.7. The van der Waals surface area contributed by atoms with Gasteiger partial charge in [-0.25, -0.2) is 13.9 Å². The van der Waals surface area contributed by atoms with Crippen molar-refractivity contribution in [3.8, 4) is 5.75 Å². The van der Waals surface area contributed by atoms with Crippen LogP contribution in [0.25, 0.3) is 0 Å². The van der Waals surface area contributed by atoms with Gasteiger partial charge in [0, 0.05) is 11.3 Å². The number of amides is 3. The topological polar surface area (TPSA) is 108 Å². The van der Waals surface area contributed by atoms with E-state index in [1.807, 2.05) is 6.07 Å². The van der Waals surface area contributed by atoms with Crippen LogP contribution in [0, 0.1) is 0 Å². The Hall–Kier alpha value is -3.98. The summed E-state index contributed by atoms with van der Waals surface area (Å²) in [6.07, 6.45) is 0. The number of thiol groups is 1. The first-order chi connectivity index (χ1) is 14.9. The van der Waals surface area contributed by atoms with Crippen molar-refractivity contribution in [1.29, 1.82) is 0 Å². The molecule has 3 amide bonds. The SMILES string of the molecule is COc1ccc(C(=O)Nc2ccccc2)cc1NC(=O)N(S)c1cccc(C(=O)O)c1. The Bertz CT molecular complexity index is 1120. The van der Waals surface area contributed by atoms with Crippen LogP contribution < -0.4 is 19.7 Å². The predicted octanol–water partition coefficient (Wildman–Crippen LogP) is 4.53. The molecule has 3 N–H and O–H groups in total. The zero-order valence-corrected chi connectivity index (χ0v) is 17.3. The number of para-hydroxylation sites is 1. The molecule has 0 aliphatic rings. The highest BCUT2D eigenvalue weighted by atomic mass is 32.1. The molecule has 158 valence electrons. The van der Waals surface area contributed by atoms with E-state index in [9.17, 15) is 14.4 Å². The molecule has 0 aromatic heterocycles. The predicted molar refractivity (Wildman–Crippen MR) is 121 cm³/mol. The van der Waals surface area contributed by atoms with Gasteiger partial charge >= 0.3 is 12.0 Å². The van der Waals surface area contributed by atoms with Gasteiger partial charge in [-0.15, -0.1) is 0 Å². The number of carboxylic acid groups (broad SMARTS) is 1. The summed E-state index contributed by atoms with van der Waals surface area (Å²) >= 11 is 4.16. The van der Waals surface area contributed by atoms with Gasteiger partial charge in [-0.1, -0.05) is 37.1 Å². The lowest BCUT2D eigenvalue weighted by atomic mass is 10.1. The van der Waals surface area contributed by atoms with Crippen molar-refractivity contribution in [2.45, 2.75) is 0 Å². The van der Waals surface area contributed by atoms with E-state index in [2.05, 4.69) is 23.4 Å². The molecule has 31 heavy (non-hydrogen) atoms. The van der Waals surface area contributed by atoms with Crippen molar-refractivity contribution in [1.82, 2.24) is 0 Å². The number of aromatic carboxylic acids is 1. The van der Waals surface area contributed by atoms with Crippen molar-refractivity contribution in [3.05, 3.63) is 83.9 Å². The van der Waals surface area contributed by atoms with E-state index in [1.54, 1.807) is 42.5 Å².